The van der Waals surface area contributed by atoms with E-state index in [1.165, 1.54) is 0 Å². The van der Waals surface area contributed by atoms with Crippen LogP contribution in [0.4, 0.5) is 4.79 Å². The second kappa shape index (κ2) is 9.00. The molecule has 2 saturated carbocycles. The lowest BCUT2D eigenvalue weighted by Gasteiger charge is -2.33. The summed E-state index contributed by atoms with van der Waals surface area (Å²) < 4.78 is 5.61. The number of carbonyl (C=O) groups is 3. The quantitative estimate of drug-likeness (QED) is 0.439. The van der Waals surface area contributed by atoms with Crippen molar-refractivity contribution >= 4 is 18.0 Å². The van der Waals surface area contributed by atoms with Crippen LogP contribution in [0.5, 0.6) is 0 Å². The van der Waals surface area contributed by atoms with E-state index >= 15 is 0 Å². The van der Waals surface area contributed by atoms with Crippen molar-refractivity contribution in [2.75, 3.05) is 19.8 Å². The number of ether oxygens (including phenoxy) is 1. The number of carbonyl (C=O) groups excluding carboxylic acids is 2. The summed E-state index contributed by atoms with van der Waals surface area (Å²) in [6.07, 6.45) is 2.73. The fraction of sp³-hybridized carbons (Fsp3) is 0.444. The zero-order valence-corrected chi connectivity index (χ0v) is 19.5. The van der Waals surface area contributed by atoms with E-state index < -0.39 is 23.5 Å². The third-order valence-electron chi connectivity index (χ3n) is 8.18. The number of alkyl carbamates (subject to hydrolysis) is 1. The minimum Gasteiger partial charge on any atom is -0.480 e. The maximum absolute atomic E-state index is 13.1. The van der Waals surface area contributed by atoms with E-state index in [0.717, 1.165) is 41.5 Å². The lowest BCUT2D eigenvalue weighted by molar-refractivity contribution is -0.143. The Morgan fingerprint density at radius 2 is 1.66 bits per heavy atom. The fourth-order valence-electron chi connectivity index (χ4n) is 6.00. The predicted molar refractivity (Wildman–Crippen MR) is 128 cm³/mol. The molecule has 8 nitrogen and oxygen atoms in total. The summed E-state index contributed by atoms with van der Waals surface area (Å²) >= 11 is 0. The average molecular weight is 479 g/mol. The Balaban J connectivity index is 1.22. The van der Waals surface area contributed by atoms with Crippen LogP contribution in [0.1, 0.15) is 49.1 Å². The monoisotopic (exact) mass is 478 g/mol. The first kappa shape index (κ1) is 23.4. The maximum atomic E-state index is 13.1. The van der Waals surface area contributed by atoms with Crippen molar-refractivity contribution in [3.63, 3.8) is 0 Å². The molecule has 2 amide bonds. The van der Waals surface area contributed by atoms with Gasteiger partial charge in [0.25, 0.3) is 0 Å². The highest BCUT2D eigenvalue weighted by Gasteiger charge is 2.73. The molecule has 0 aliphatic heterocycles. The van der Waals surface area contributed by atoms with Gasteiger partial charge in [-0.2, -0.15) is 0 Å². The van der Waals surface area contributed by atoms with Gasteiger partial charge >= 0.3 is 12.1 Å². The fourth-order valence-corrected chi connectivity index (χ4v) is 6.00. The van der Waals surface area contributed by atoms with Crippen LogP contribution in [0.25, 0.3) is 11.1 Å². The first-order valence-electron chi connectivity index (χ1n) is 12.1. The van der Waals surface area contributed by atoms with Crippen LogP contribution in [0.2, 0.25) is 0 Å². The van der Waals surface area contributed by atoms with Crippen molar-refractivity contribution in [1.29, 1.82) is 0 Å². The number of hydrogen-bond acceptors (Lipinski definition) is 5. The van der Waals surface area contributed by atoms with Crippen LogP contribution in [-0.2, 0) is 14.3 Å². The number of aliphatic carboxylic acids is 1. The lowest BCUT2D eigenvalue weighted by Crippen LogP contribution is -2.50. The van der Waals surface area contributed by atoms with Crippen molar-refractivity contribution in [3.8, 4) is 11.1 Å². The first-order chi connectivity index (χ1) is 16.9. The van der Waals surface area contributed by atoms with Crippen molar-refractivity contribution in [2.24, 2.45) is 10.8 Å². The molecule has 2 aromatic rings. The number of aliphatic hydroxyl groups excluding tert-OH is 1. The van der Waals surface area contributed by atoms with Gasteiger partial charge in [0.1, 0.15) is 12.6 Å². The van der Waals surface area contributed by atoms with E-state index in [1.807, 2.05) is 24.3 Å². The third-order valence-corrected chi connectivity index (χ3v) is 8.18. The Morgan fingerprint density at radius 1 is 1.03 bits per heavy atom. The maximum Gasteiger partial charge on any atom is 0.407 e. The van der Waals surface area contributed by atoms with E-state index in [0.29, 0.717) is 6.42 Å². The molecule has 184 valence electrons. The molecule has 0 bridgehead atoms. The Kier molecular flexibility index (Phi) is 6.01. The molecule has 0 aromatic heterocycles. The molecule has 0 saturated heterocycles. The molecule has 3 aliphatic rings. The van der Waals surface area contributed by atoms with Gasteiger partial charge in [0.2, 0.25) is 5.91 Å². The molecule has 3 aliphatic carbocycles. The molecule has 2 atom stereocenters. The number of rotatable bonds is 9. The molecule has 35 heavy (non-hydrogen) atoms. The minimum absolute atomic E-state index is 0.0564. The molecular weight excluding hydrogens is 448 g/mol. The summed E-state index contributed by atoms with van der Waals surface area (Å²) in [6.45, 7) is -0.0594. The first-order valence-corrected chi connectivity index (χ1v) is 12.1. The summed E-state index contributed by atoms with van der Waals surface area (Å²) in [5, 5.41) is 23.8. The zero-order valence-electron chi connectivity index (χ0n) is 19.5. The Hall–Kier alpha value is -3.39. The van der Waals surface area contributed by atoms with Gasteiger partial charge in [0.15, 0.2) is 0 Å². The Labute approximate surface area is 203 Å². The topological polar surface area (TPSA) is 125 Å². The molecule has 0 radical (unpaired) electrons. The van der Waals surface area contributed by atoms with Gasteiger partial charge in [0.05, 0.1) is 5.41 Å². The number of aliphatic hydroxyl groups is 1. The van der Waals surface area contributed by atoms with Crippen molar-refractivity contribution in [1.82, 2.24) is 10.6 Å². The summed E-state index contributed by atoms with van der Waals surface area (Å²) in [5.74, 6) is -1.62. The van der Waals surface area contributed by atoms with E-state index in [1.54, 1.807) is 0 Å². The van der Waals surface area contributed by atoms with Crippen LogP contribution in [-0.4, -0.2) is 54.0 Å². The number of amides is 2. The molecule has 2 fully saturated rings. The van der Waals surface area contributed by atoms with Crippen LogP contribution < -0.4 is 10.6 Å². The second-order valence-electron chi connectivity index (χ2n) is 9.95. The highest BCUT2D eigenvalue weighted by atomic mass is 16.5. The van der Waals surface area contributed by atoms with Gasteiger partial charge in [-0.25, -0.2) is 9.59 Å². The molecule has 0 heterocycles. The average Bonchev–Trinajstić information content (AvgIpc) is 3.45. The standard InChI is InChI=1S/C27H30N2O6/c30-13-10-22(23(31)32)29-24(33)27(15-26(27)11-5-12-26)16-28-25(34)35-14-21-19-8-3-1-6-17(19)18-7-2-4-9-20(18)21/h1-4,6-9,21-22,30H,5,10-16H2,(H,28,34)(H,29,33)(H,31,32)/t22-,27?/m0/s1. The molecular formula is C27H30N2O6. The number of carboxylic acid groups (broad SMARTS) is 1. The van der Waals surface area contributed by atoms with Crippen molar-refractivity contribution in [3.05, 3.63) is 59.7 Å². The number of nitrogens with one attached hydrogen (secondary N) is 2. The van der Waals surface area contributed by atoms with Crippen LogP contribution in [0, 0.1) is 10.8 Å². The smallest absolute Gasteiger partial charge is 0.407 e. The normalized spacial score (nSPS) is 21.9. The number of hydrogen-bond donors (Lipinski definition) is 4. The number of fused-ring (bicyclic) bond motifs is 3. The summed E-state index contributed by atoms with van der Waals surface area (Å²) in [5.41, 5.74) is 3.52. The molecule has 4 N–H and O–H groups in total. The van der Waals surface area contributed by atoms with Gasteiger partial charge in [-0.05, 0) is 46.9 Å². The number of benzene rings is 2. The van der Waals surface area contributed by atoms with Crippen LogP contribution in [0.3, 0.4) is 0 Å². The second-order valence-corrected chi connectivity index (χ2v) is 9.95. The lowest BCUT2D eigenvalue weighted by atomic mass is 9.74. The third kappa shape index (κ3) is 3.95. The molecule has 5 rings (SSSR count). The molecule has 8 heteroatoms. The van der Waals surface area contributed by atoms with Gasteiger partial charge in [-0.1, -0.05) is 55.0 Å². The minimum atomic E-state index is -1.18. The highest BCUT2D eigenvalue weighted by molar-refractivity contribution is 5.91. The van der Waals surface area contributed by atoms with E-state index in [4.69, 9.17) is 9.84 Å². The summed E-state index contributed by atoms with van der Waals surface area (Å²) in [7, 11) is 0. The Bertz CT molecular complexity index is 1110. The SMILES string of the molecule is O=C(NCC1(C(=O)N[C@@H](CCO)C(=O)O)CC12CCC2)OCC1c2ccccc2-c2ccccc21. The van der Waals surface area contributed by atoms with E-state index in [9.17, 15) is 19.5 Å². The number of carboxylic acids is 1. The summed E-state index contributed by atoms with van der Waals surface area (Å²) in [4.78, 5) is 37.3. The Morgan fingerprint density at radius 3 is 2.17 bits per heavy atom. The van der Waals surface area contributed by atoms with Gasteiger partial charge < -0.3 is 25.6 Å². The van der Waals surface area contributed by atoms with Gasteiger partial charge in [-0.15, -0.1) is 0 Å². The largest absolute Gasteiger partial charge is 0.480 e. The summed E-state index contributed by atoms with van der Waals surface area (Å²) in [6, 6.07) is 15.0. The van der Waals surface area contributed by atoms with Crippen molar-refractivity contribution in [2.45, 2.75) is 44.1 Å². The zero-order chi connectivity index (χ0) is 24.6. The van der Waals surface area contributed by atoms with Gasteiger partial charge in [0, 0.05) is 25.5 Å². The van der Waals surface area contributed by atoms with Gasteiger partial charge in [-0.3, -0.25) is 4.79 Å². The van der Waals surface area contributed by atoms with Crippen molar-refractivity contribution < 1.29 is 29.3 Å². The molecule has 1 unspecified atom stereocenters. The van der Waals surface area contributed by atoms with E-state index in [2.05, 4.69) is 34.9 Å². The molecule has 2 aromatic carbocycles. The predicted octanol–water partition coefficient (Wildman–Crippen LogP) is 3.04. The highest BCUT2D eigenvalue weighted by Crippen LogP contribution is 2.73. The van der Waals surface area contributed by atoms with Crippen LogP contribution >= 0.6 is 0 Å². The van der Waals surface area contributed by atoms with Crippen LogP contribution in [0.15, 0.2) is 48.5 Å². The van der Waals surface area contributed by atoms with E-state index in [-0.39, 0.29) is 43.4 Å². The molecule has 1 spiro atoms.